The lowest BCUT2D eigenvalue weighted by Gasteiger charge is -2.12. The maximum atomic E-state index is 11.7. The zero-order chi connectivity index (χ0) is 19.1. The predicted octanol–water partition coefficient (Wildman–Crippen LogP) is 1.27. The topological polar surface area (TPSA) is 103 Å². The third-order valence-corrected chi connectivity index (χ3v) is 3.61. The molecule has 140 valence electrons. The van der Waals surface area contributed by atoms with Crippen LogP contribution in [0.4, 0.5) is 0 Å². The number of esters is 1. The number of likely N-dealkylation sites (N-methyl/N-ethyl adjacent to an activating group) is 1. The molecule has 1 heterocycles. The monoisotopic (exact) mass is 382 g/mol. The van der Waals surface area contributed by atoms with E-state index in [9.17, 15) is 14.4 Å². The van der Waals surface area contributed by atoms with Crippen molar-refractivity contribution in [2.75, 3.05) is 19.9 Å². The Labute approximate surface area is 155 Å². The maximum absolute atomic E-state index is 11.7. The fraction of sp³-hybridized carbons (Fsp3) is 0.353. The molecule has 26 heavy (non-hydrogen) atoms. The highest BCUT2D eigenvalue weighted by molar-refractivity contribution is 6.32. The normalized spacial score (nSPS) is 13.3. The molecule has 0 saturated carbocycles. The van der Waals surface area contributed by atoms with E-state index in [4.69, 9.17) is 25.8 Å². The Balaban J connectivity index is 1.81. The van der Waals surface area contributed by atoms with Crippen LogP contribution in [0.1, 0.15) is 19.4 Å². The smallest absolute Gasteiger partial charge is 0.331 e. The lowest BCUT2D eigenvalue weighted by Crippen LogP contribution is -2.46. The molecule has 0 aliphatic carbocycles. The molecular formula is C17H19ClN2O6. The van der Waals surface area contributed by atoms with Gasteiger partial charge in [0.1, 0.15) is 6.04 Å². The molecule has 0 unspecified atom stereocenters. The highest BCUT2D eigenvalue weighted by atomic mass is 35.5. The van der Waals surface area contributed by atoms with Crippen LogP contribution < -0.4 is 20.1 Å². The van der Waals surface area contributed by atoms with Crippen LogP contribution in [0.5, 0.6) is 11.5 Å². The summed E-state index contributed by atoms with van der Waals surface area (Å²) in [7, 11) is 0. The zero-order valence-corrected chi connectivity index (χ0v) is 15.1. The number of amides is 2. The van der Waals surface area contributed by atoms with Crippen LogP contribution in [0.2, 0.25) is 5.02 Å². The summed E-state index contributed by atoms with van der Waals surface area (Å²) in [6.07, 6.45) is 2.64. The average molecular weight is 383 g/mol. The van der Waals surface area contributed by atoms with E-state index in [1.807, 2.05) is 0 Å². The SMILES string of the molecule is CCNC(=O)[C@@H](C)NC(=O)COC(=O)/C=C/c1cc(Cl)c2c(c1)OCO2. The van der Waals surface area contributed by atoms with Crippen LogP contribution in [0.15, 0.2) is 18.2 Å². The second-order valence-corrected chi connectivity index (χ2v) is 5.77. The van der Waals surface area contributed by atoms with Gasteiger partial charge in [-0.05, 0) is 37.6 Å². The summed E-state index contributed by atoms with van der Waals surface area (Å²) < 4.78 is 15.3. The highest BCUT2D eigenvalue weighted by Crippen LogP contribution is 2.40. The molecule has 2 N–H and O–H groups in total. The summed E-state index contributed by atoms with van der Waals surface area (Å²) in [5.41, 5.74) is 0.616. The molecule has 0 saturated heterocycles. The Morgan fingerprint density at radius 1 is 1.35 bits per heavy atom. The van der Waals surface area contributed by atoms with Crippen molar-refractivity contribution in [2.24, 2.45) is 0 Å². The van der Waals surface area contributed by atoms with Crippen molar-refractivity contribution >= 4 is 35.5 Å². The summed E-state index contributed by atoms with van der Waals surface area (Å²) >= 11 is 6.05. The molecular weight excluding hydrogens is 364 g/mol. The minimum absolute atomic E-state index is 0.0913. The Bertz CT molecular complexity index is 734. The van der Waals surface area contributed by atoms with Gasteiger partial charge in [0.2, 0.25) is 12.7 Å². The summed E-state index contributed by atoms with van der Waals surface area (Å²) in [6, 6.07) is 2.56. The molecule has 0 spiro atoms. The summed E-state index contributed by atoms with van der Waals surface area (Å²) in [5, 5.41) is 5.37. The maximum Gasteiger partial charge on any atom is 0.331 e. The number of carbonyl (C=O) groups excluding carboxylic acids is 3. The largest absolute Gasteiger partial charge is 0.454 e. The third kappa shape index (κ3) is 5.38. The number of halogens is 1. The molecule has 0 bridgehead atoms. The van der Waals surface area contributed by atoms with Gasteiger partial charge in [0.05, 0.1) is 5.02 Å². The van der Waals surface area contributed by atoms with Crippen molar-refractivity contribution in [3.8, 4) is 11.5 Å². The Kier molecular flexibility index (Phi) is 6.85. The number of hydrogen-bond donors (Lipinski definition) is 2. The van der Waals surface area contributed by atoms with Crippen LogP contribution in [0.3, 0.4) is 0 Å². The second-order valence-electron chi connectivity index (χ2n) is 5.36. The standard InChI is InChI=1S/C17H19ClN2O6/c1-3-19-17(23)10(2)20-14(21)8-24-15(22)5-4-11-6-12(18)16-13(7-11)25-9-26-16/h4-7,10H,3,8-9H2,1-2H3,(H,19,23)(H,20,21)/b5-4+/t10-/m1/s1. The molecule has 1 aromatic carbocycles. The van der Waals surface area contributed by atoms with Crippen molar-refractivity contribution < 1.29 is 28.6 Å². The first-order valence-corrected chi connectivity index (χ1v) is 8.29. The first-order chi connectivity index (χ1) is 12.4. The number of nitrogens with one attached hydrogen (secondary N) is 2. The fourth-order valence-corrected chi connectivity index (χ4v) is 2.38. The zero-order valence-electron chi connectivity index (χ0n) is 14.3. The van der Waals surface area contributed by atoms with Crippen molar-refractivity contribution in [3.63, 3.8) is 0 Å². The third-order valence-electron chi connectivity index (χ3n) is 3.33. The molecule has 1 aromatic rings. The van der Waals surface area contributed by atoms with Gasteiger partial charge in [0.15, 0.2) is 18.1 Å². The number of benzene rings is 1. The minimum atomic E-state index is -0.715. The van der Waals surface area contributed by atoms with Crippen LogP contribution in [0, 0.1) is 0 Å². The quantitative estimate of drug-likeness (QED) is 0.543. The summed E-state index contributed by atoms with van der Waals surface area (Å²) in [4.78, 5) is 34.9. The molecule has 1 aliphatic rings. The Hall–Kier alpha value is -2.74. The van der Waals surface area contributed by atoms with Gasteiger partial charge in [-0.2, -0.15) is 0 Å². The highest BCUT2D eigenvalue weighted by Gasteiger charge is 2.18. The van der Waals surface area contributed by atoms with Gasteiger partial charge in [-0.15, -0.1) is 0 Å². The number of fused-ring (bicyclic) bond motifs is 1. The van der Waals surface area contributed by atoms with Gasteiger partial charge in [-0.25, -0.2) is 4.79 Å². The first-order valence-electron chi connectivity index (χ1n) is 7.91. The van der Waals surface area contributed by atoms with E-state index in [2.05, 4.69) is 10.6 Å². The summed E-state index contributed by atoms with van der Waals surface area (Å²) in [5.74, 6) is -0.642. The van der Waals surface area contributed by atoms with Crippen molar-refractivity contribution in [1.82, 2.24) is 10.6 Å². The van der Waals surface area contributed by atoms with Gasteiger partial charge in [-0.1, -0.05) is 11.6 Å². The van der Waals surface area contributed by atoms with Crippen LogP contribution in [-0.2, 0) is 19.1 Å². The van der Waals surface area contributed by atoms with E-state index in [1.54, 1.807) is 19.1 Å². The predicted molar refractivity (Wildman–Crippen MR) is 93.9 cm³/mol. The first kappa shape index (κ1) is 19.6. The average Bonchev–Trinajstić information content (AvgIpc) is 3.07. The number of rotatable bonds is 7. The molecule has 2 amide bonds. The number of ether oxygens (including phenoxy) is 3. The van der Waals surface area contributed by atoms with E-state index < -0.39 is 24.5 Å². The molecule has 2 rings (SSSR count). The van der Waals surface area contributed by atoms with Crippen LogP contribution in [0.25, 0.3) is 6.08 Å². The van der Waals surface area contributed by atoms with Crippen LogP contribution in [-0.4, -0.2) is 43.8 Å². The fourth-order valence-electron chi connectivity index (χ4n) is 2.11. The Morgan fingerprint density at radius 2 is 2.12 bits per heavy atom. The van der Waals surface area contributed by atoms with E-state index >= 15 is 0 Å². The Morgan fingerprint density at radius 3 is 2.85 bits per heavy atom. The molecule has 0 fully saturated rings. The molecule has 1 atom stereocenters. The molecule has 0 radical (unpaired) electrons. The van der Waals surface area contributed by atoms with E-state index in [-0.39, 0.29) is 12.7 Å². The number of hydrogen-bond acceptors (Lipinski definition) is 6. The molecule has 9 heteroatoms. The van der Waals surface area contributed by atoms with Gasteiger partial charge < -0.3 is 24.8 Å². The van der Waals surface area contributed by atoms with E-state index in [0.29, 0.717) is 28.6 Å². The molecule has 0 aromatic heterocycles. The minimum Gasteiger partial charge on any atom is -0.454 e. The van der Waals surface area contributed by atoms with Gasteiger partial charge >= 0.3 is 5.97 Å². The number of carbonyl (C=O) groups is 3. The van der Waals surface area contributed by atoms with Gasteiger partial charge in [-0.3, -0.25) is 9.59 Å². The lowest BCUT2D eigenvalue weighted by molar-refractivity contribution is -0.144. The van der Waals surface area contributed by atoms with Crippen molar-refractivity contribution in [2.45, 2.75) is 19.9 Å². The van der Waals surface area contributed by atoms with E-state index in [1.165, 1.54) is 13.0 Å². The summed E-state index contributed by atoms with van der Waals surface area (Å²) in [6.45, 7) is 3.37. The van der Waals surface area contributed by atoms with Crippen molar-refractivity contribution in [1.29, 1.82) is 0 Å². The van der Waals surface area contributed by atoms with E-state index in [0.717, 1.165) is 6.08 Å². The van der Waals surface area contributed by atoms with Gasteiger partial charge in [0, 0.05) is 12.6 Å². The van der Waals surface area contributed by atoms with Gasteiger partial charge in [0.25, 0.3) is 5.91 Å². The lowest BCUT2D eigenvalue weighted by atomic mass is 10.2. The second kappa shape index (κ2) is 9.10. The molecule has 8 nitrogen and oxygen atoms in total. The van der Waals surface area contributed by atoms with Crippen molar-refractivity contribution in [3.05, 3.63) is 28.8 Å². The van der Waals surface area contributed by atoms with Crippen LogP contribution >= 0.6 is 11.6 Å². The molecule has 1 aliphatic heterocycles.